The molecule has 1 saturated heterocycles. The van der Waals surface area contributed by atoms with Crippen molar-refractivity contribution in [1.82, 2.24) is 19.7 Å². The van der Waals surface area contributed by atoms with Gasteiger partial charge < -0.3 is 20.3 Å². The number of rotatable bonds is 7. The Balaban J connectivity index is 1.32. The van der Waals surface area contributed by atoms with E-state index in [2.05, 4.69) is 34.5 Å². The SMILES string of the molecule is CC1COCC(C)N1c1cc(C2(S(=O)(=O)C3CC3)CC2)nc(-c2ccc(NC(=O)Nc3cnn(C)c3)cc2)n1. The molecule has 39 heavy (non-hydrogen) atoms. The van der Waals surface area contributed by atoms with Crippen LogP contribution in [-0.2, 0) is 26.4 Å². The third-order valence-electron chi connectivity index (χ3n) is 7.69. The average Bonchev–Trinajstić information content (AvgIpc) is 3.82. The molecule has 11 nitrogen and oxygen atoms in total. The maximum absolute atomic E-state index is 13.5. The Labute approximate surface area is 227 Å². The Kier molecular flexibility index (Phi) is 6.34. The summed E-state index contributed by atoms with van der Waals surface area (Å²) in [7, 11) is -1.54. The first-order chi connectivity index (χ1) is 18.7. The summed E-state index contributed by atoms with van der Waals surface area (Å²) in [6.07, 6.45) is 5.91. The Morgan fingerprint density at radius 3 is 2.28 bits per heavy atom. The monoisotopic (exact) mass is 551 g/mol. The van der Waals surface area contributed by atoms with E-state index < -0.39 is 14.6 Å². The number of aromatic nitrogens is 4. The van der Waals surface area contributed by atoms with E-state index in [0.717, 1.165) is 18.4 Å². The highest BCUT2D eigenvalue weighted by molar-refractivity contribution is 7.93. The van der Waals surface area contributed by atoms with E-state index in [0.29, 0.717) is 54.8 Å². The van der Waals surface area contributed by atoms with Gasteiger partial charge in [0.05, 0.1) is 48.1 Å². The standard InChI is InChI=1S/C27H33N7O4S/c1-17-15-38-16-18(2)34(17)24-12-23(27(10-11-27)39(36,37)22-8-9-22)31-25(32-24)19-4-6-20(7-5-19)29-26(35)30-21-13-28-33(3)14-21/h4-7,12-14,17-18,22H,8-11,15-16H2,1-3H3,(H2,29,30,35). The fourth-order valence-corrected chi connectivity index (χ4v) is 7.83. The number of ether oxygens (including phenoxy) is 1. The fraction of sp³-hybridized carbons (Fsp3) is 0.481. The first kappa shape index (κ1) is 25.8. The number of hydrogen-bond acceptors (Lipinski definition) is 8. The summed E-state index contributed by atoms with van der Waals surface area (Å²) in [5.41, 5.74) is 2.51. The lowest BCUT2D eigenvalue weighted by Gasteiger charge is -2.40. The van der Waals surface area contributed by atoms with Gasteiger partial charge in [-0.25, -0.2) is 23.2 Å². The number of nitrogens with zero attached hydrogens (tertiary/aromatic N) is 5. The molecular weight excluding hydrogens is 518 g/mol. The number of carbonyl (C=O) groups is 1. The van der Waals surface area contributed by atoms with Gasteiger partial charge in [-0.15, -0.1) is 0 Å². The predicted molar refractivity (Wildman–Crippen MR) is 148 cm³/mol. The van der Waals surface area contributed by atoms with Gasteiger partial charge in [0.1, 0.15) is 10.6 Å². The van der Waals surface area contributed by atoms with Gasteiger partial charge in [-0.1, -0.05) is 0 Å². The summed E-state index contributed by atoms with van der Waals surface area (Å²) in [5, 5.41) is 9.33. The molecule has 206 valence electrons. The van der Waals surface area contributed by atoms with E-state index in [1.165, 1.54) is 0 Å². The molecule has 2 amide bonds. The minimum Gasteiger partial charge on any atom is -0.377 e. The lowest BCUT2D eigenvalue weighted by molar-refractivity contribution is 0.0752. The molecule has 2 aromatic heterocycles. The molecule has 2 atom stereocenters. The van der Waals surface area contributed by atoms with Crippen molar-refractivity contribution >= 4 is 33.1 Å². The van der Waals surface area contributed by atoms with E-state index in [9.17, 15) is 13.2 Å². The molecule has 1 aliphatic heterocycles. The van der Waals surface area contributed by atoms with Crippen LogP contribution in [0.5, 0.6) is 0 Å². The quantitative estimate of drug-likeness (QED) is 0.454. The van der Waals surface area contributed by atoms with Gasteiger partial charge in [0.25, 0.3) is 0 Å². The molecule has 0 bridgehead atoms. The summed E-state index contributed by atoms with van der Waals surface area (Å²) in [6, 6.07) is 8.91. The summed E-state index contributed by atoms with van der Waals surface area (Å²) in [5.74, 6) is 1.19. The molecule has 3 heterocycles. The number of amides is 2. The molecule has 3 aromatic rings. The Morgan fingerprint density at radius 2 is 1.69 bits per heavy atom. The fourth-order valence-electron chi connectivity index (χ4n) is 5.36. The molecular formula is C27H33N7O4S. The van der Waals surface area contributed by atoms with Crippen LogP contribution in [0.1, 0.15) is 45.2 Å². The first-order valence-corrected chi connectivity index (χ1v) is 14.9. The highest BCUT2D eigenvalue weighted by Gasteiger charge is 2.61. The number of aryl methyl sites for hydroxylation is 1. The van der Waals surface area contributed by atoms with Gasteiger partial charge >= 0.3 is 6.03 Å². The van der Waals surface area contributed by atoms with Crippen LogP contribution in [0.25, 0.3) is 11.4 Å². The lowest BCUT2D eigenvalue weighted by Crippen LogP contribution is -2.50. The van der Waals surface area contributed by atoms with Crippen LogP contribution in [0.2, 0.25) is 0 Å². The molecule has 0 radical (unpaired) electrons. The lowest BCUT2D eigenvalue weighted by atomic mass is 10.1. The van der Waals surface area contributed by atoms with Crippen molar-refractivity contribution in [2.45, 2.75) is 61.6 Å². The number of hydrogen-bond donors (Lipinski definition) is 2. The largest absolute Gasteiger partial charge is 0.377 e. The van der Waals surface area contributed by atoms with Crippen LogP contribution in [0, 0.1) is 0 Å². The number of morpholine rings is 1. The average molecular weight is 552 g/mol. The maximum atomic E-state index is 13.5. The van der Waals surface area contributed by atoms with Crippen LogP contribution >= 0.6 is 0 Å². The van der Waals surface area contributed by atoms with E-state index in [1.54, 1.807) is 36.3 Å². The minimum absolute atomic E-state index is 0.0874. The zero-order valence-electron chi connectivity index (χ0n) is 22.3. The summed E-state index contributed by atoms with van der Waals surface area (Å²) < 4.78 is 33.4. The number of carbonyl (C=O) groups excluding carboxylic acids is 1. The Morgan fingerprint density at radius 1 is 1.03 bits per heavy atom. The van der Waals surface area contributed by atoms with Crippen molar-refractivity contribution in [3.63, 3.8) is 0 Å². The van der Waals surface area contributed by atoms with E-state index >= 15 is 0 Å². The molecule has 2 aliphatic carbocycles. The van der Waals surface area contributed by atoms with Crippen molar-refractivity contribution in [1.29, 1.82) is 0 Å². The number of anilines is 3. The number of sulfone groups is 1. The third-order valence-corrected chi connectivity index (χ3v) is 10.7. The third kappa shape index (κ3) is 4.87. The van der Waals surface area contributed by atoms with Crippen molar-refractivity contribution in [2.75, 3.05) is 28.7 Å². The van der Waals surface area contributed by atoms with Crippen molar-refractivity contribution in [3.05, 3.63) is 48.4 Å². The van der Waals surface area contributed by atoms with Gasteiger partial charge in [0, 0.05) is 30.6 Å². The molecule has 6 rings (SSSR count). The second-order valence-electron chi connectivity index (χ2n) is 10.9. The van der Waals surface area contributed by atoms with E-state index in [4.69, 9.17) is 14.7 Å². The smallest absolute Gasteiger partial charge is 0.323 e. The second-order valence-corrected chi connectivity index (χ2v) is 13.4. The normalized spacial score (nSPS) is 22.4. The molecule has 12 heteroatoms. The molecule has 0 spiro atoms. The topological polar surface area (TPSA) is 131 Å². The Hall–Kier alpha value is -3.51. The number of benzene rings is 1. The second kappa shape index (κ2) is 9.60. The molecule has 3 fully saturated rings. The number of nitrogens with one attached hydrogen (secondary N) is 2. The van der Waals surface area contributed by atoms with E-state index in [-0.39, 0.29) is 23.4 Å². The van der Waals surface area contributed by atoms with Gasteiger partial charge in [0.15, 0.2) is 15.7 Å². The molecule has 2 saturated carbocycles. The van der Waals surface area contributed by atoms with Crippen LogP contribution in [0.3, 0.4) is 0 Å². The van der Waals surface area contributed by atoms with Crippen molar-refractivity contribution in [3.8, 4) is 11.4 Å². The van der Waals surface area contributed by atoms with Crippen LogP contribution in [0.4, 0.5) is 22.0 Å². The van der Waals surface area contributed by atoms with Crippen LogP contribution in [0.15, 0.2) is 42.7 Å². The summed E-state index contributed by atoms with van der Waals surface area (Å²) in [6.45, 7) is 5.32. The summed E-state index contributed by atoms with van der Waals surface area (Å²) >= 11 is 0. The Bertz CT molecular complexity index is 1490. The van der Waals surface area contributed by atoms with Gasteiger partial charge in [-0.2, -0.15) is 5.10 Å². The van der Waals surface area contributed by atoms with Gasteiger partial charge in [0.2, 0.25) is 0 Å². The molecule has 2 unspecified atom stereocenters. The van der Waals surface area contributed by atoms with Gasteiger partial charge in [-0.3, -0.25) is 4.68 Å². The molecule has 1 aromatic carbocycles. The van der Waals surface area contributed by atoms with Gasteiger partial charge in [-0.05, 0) is 63.8 Å². The first-order valence-electron chi connectivity index (χ1n) is 13.3. The van der Waals surface area contributed by atoms with Crippen molar-refractivity contribution < 1.29 is 17.9 Å². The highest BCUT2D eigenvalue weighted by atomic mass is 32.2. The van der Waals surface area contributed by atoms with Crippen molar-refractivity contribution in [2.24, 2.45) is 7.05 Å². The van der Waals surface area contributed by atoms with Crippen LogP contribution < -0.4 is 15.5 Å². The minimum atomic E-state index is -3.32. The van der Waals surface area contributed by atoms with E-state index in [1.807, 2.05) is 18.2 Å². The highest BCUT2D eigenvalue weighted by Crippen LogP contribution is 2.57. The summed E-state index contributed by atoms with van der Waals surface area (Å²) in [4.78, 5) is 24.4. The molecule has 2 N–H and O–H groups in total. The zero-order chi connectivity index (χ0) is 27.4. The maximum Gasteiger partial charge on any atom is 0.323 e. The zero-order valence-corrected chi connectivity index (χ0v) is 23.1. The number of urea groups is 1. The van der Waals surface area contributed by atoms with Crippen LogP contribution in [-0.4, -0.2) is 64.7 Å². The molecule has 3 aliphatic rings. The predicted octanol–water partition coefficient (Wildman–Crippen LogP) is 3.70.